The lowest BCUT2D eigenvalue weighted by molar-refractivity contribution is -0.121. The van der Waals surface area contributed by atoms with Gasteiger partial charge in [0, 0.05) is 25.1 Å². The van der Waals surface area contributed by atoms with Gasteiger partial charge in [-0.2, -0.15) is 0 Å². The number of amides is 2. The van der Waals surface area contributed by atoms with Crippen molar-refractivity contribution in [1.82, 2.24) is 10.6 Å². The largest absolute Gasteiger partial charge is 0.478 e. The van der Waals surface area contributed by atoms with E-state index in [1.54, 1.807) is 30.3 Å². The molecule has 0 spiro atoms. The van der Waals surface area contributed by atoms with Crippen LogP contribution in [-0.4, -0.2) is 29.4 Å². The van der Waals surface area contributed by atoms with E-state index in [9.17, 15) is 14.4 Å². The number of rotatable bonds is 8. The van der Waals surface area contributed by atoms with Crippen LogP contribution >= 0.6 is 0 Å². The number of benzene rings is 2. The van der Waals surface area contributed by atoms with E-state index >= 15 is 0 Å². The van der Waals surface area contributed by atoms with Gasteiger partial charge in [-0.25, -0.2) is 4.79 Å². The number of carboxylic acid groups (broad SMARTS) is 1. The fourth-order valence-electron chi connectivity index (χ4n) is 2.45. The third-order valence-electron chi connectivity index (χ3n) is 3.86. The Hall–Kier alpha value is -3.15. The van der Waals surface area contributed by atoms with Gasteiger partial charge in [-0.3, -0.25) is 9.59 Å². The zero-order valence-electron chi connectivity index (χ0n) is 14.6. The van der Waals surface area contributed by atoms with Crippen molar-refractivity contribution in [1.29, 1.82) is 0 Å². The molecule has 0 unspecified atom stereocenters. The fourth-order valence-corrected chi connectivity index (χ4v) is 2.45. The van der Waals surface area contributed by atoms with Gasteiger partial charge in [-0.1, -0.05) is 24.3 Å². The van der Waals surface area contributed by atoms with Crippen LogP contribution in [0.4, 0.5) is 0 Å². The van der Waals surface area contributed by atoms with Gasteiger partial charge in [0.15, 0.2) is 0 Å². The molecule has 0 saturated carbocycles. The van der Waals surface area contributed by atoms with Crippen molar-refractivity contribution in [2.45, 2.75) is 26.3 Å². The normalized spacial score (nSPS) is 10.2. The topological polar surface area (TPSA) is 95.5 Å². The summed E-state index contributed by atoms with van der Waals surface area (Å²) in [5.74, 6) is -1.20. The number of carboxylic acids is 1. The molecule has 0 fully saturated rings. The second-order valence-electron chi connectivity index (χ2n) is 5.84. The maximum absolute atomic E-state index is 12.0. The van der Waals surface area contributed by atoms with Crippen LogP contribution in [0.5, 0.6) is 0 Å². The van der Waals surface area contributed by atoms with Gasteiger partial charge in [0.25, 0.3) is 5.91 Å². The molecule has 0 heterocycles. The lowest BCUT2D eigenvalue weighted by Gasteiger charge is -2.08. The second kappa shape index (κ2) is 9.36. The Morgan fingerprint density at radius 2 is 1.65 bits per heavy atom. The Morgan fingerprint density at radius 3 is 2.31 bits per heavy atom. The molecule has 0 radical (unpaired) electrons. The first kappa shape index (κ1) is 19.2. The van der Waals surface area contributed by atoms with Crippen LogP contribution in [-0.2, 0) is 17.8 Å². The van der Waals surface area contributed by atoms with Gasteiger partial charge in [0.2, 0.25) is 5.91 Å². The molecule has 0 bridgehead atoms. The summed E-state index contributed by atoms with van der Waals surface area (Å²) in [6.07, 6.45) is 0.840. The van der Waals surface area contributed by atoms with E-state index < -0.39 is 5.97 Å². The van der Waals surface area contributed by atoms with Gasteiger partial charge < -0.3 is 15.7 Å². The average Bonchev–Trinajstić information content (AvgIpc) is 2.65. The molecule has 6 nitrogen and oxygen atoms in total. The summed E-state index contributed by atoms with van der Waals surface area (Å²) in [4.78, 5) is 34.6. The summed E-state index contributed by atoms with van der Waals surface area (Å²) >= 11 is 0. The van der Waals surface area contributed by atoms with E-state index in [0.717, 1.165) is 11.1 Å². The Morgan fingerprint density at radius 1 is 0.923 bits per heavy atom. The number of carbonyl (C=O) groups is 3. The van der Waals surface area contributed by atoms with E-state index in [4.69, 9.17) is 5.11 Å². The minimum atomic E-state index is -0.968. The summed E-state index contributed by atoms with van der Waals surface area (Å²) in [6.45, 7) is 2.77. The molecule has 3 N–H and O–H groups in total. The van der Waals surface area contributed by atoms with E-state index in [1.165, 1.54) is 12.1 Å². The standard InChI is InChI=1S/C20H22N2O4/c1-2-21-19(24)17-5-3-4-15(12-17)13-22-18(23)11-8-14-6-9-16(10-7-14)20(25)26/h3-7,9-10,12H,2,8,11,13H2,1H3,(H,21,24)(H,22,23)(H,25,26). The Bertz CT molecular complexity index is 785. The Kier molecular flexibility index (Phi) is 6.91. The predicted molar refractivity (Wildman–Crippen MR) is 98.0 cm³/mol. The van der Waals surface area contributed by atoms with E-state index in [0.29, 0.717) is 31.5 Å². The molecule has 2 aromatic rings. The number of aromatic carboxylic acids is 1. The van der Waals surface area contributed by atoms with Crippen molar-refractivity contribution in [3.8, 4) is 0 Å². The van der Waals surface area contributed by atoms with E-state index in [2.05, 4.69) is 10.6 Å². The highest BCUT2D eigenvalue weighted by Gasteiger charge is 2.07. The van der Waals surface area contributed by atoms with Crippen LogP contribution in [0.1, 0.15) is 45.2 Å². The molecule has 6 heteroatoms. The third-order valence-corrected chi connectivity index (χ3v) is 3.86. The first-order valence-electron chi connectivity index (χ1n) is 8.45. The first-order valence-corrected chi connectivity index (χ1v) is 8.45. The van der Waals surface area contributed by atoms with Crippen molar-refractivity contribution in [3.05, 3.63) is 70.8 Å². The van der Waals surface area contributed by atoms with E-state index in [1.807, 2.05) is 13.0 Å². The fraction of sp³-hybridized carbons (Fsp3) is 0.250. The molecule has 0 aromatic heterocycles. The Balaban J connectivity index is 1.82. The molecule has 136 valence electrons. The summed E-state index contributed by atoms with van der Waals surface area (Å²) in [6, 6.07) is 13.6. The van der Waals surface area contributed by atoms with Crippen LogP contribution in [0.15, 0.2) is 48.5 Å². The lowest BCUT2D eigenvalue weighted by Crippen LogP contribution is -2.24. The van der Waals surface area contributed by atoms with Crippen molar-refractivity contribution in [2.24, 2.45) is 0 Å². The third kappa shape index (κ3) is 5.73. The van der Waals surface area contributed by atoms with Gasteiger partial charge in [0.1, 0.15) is 0 Å². The maximum atomic E-state index is 12.0. The van der Waals surface area contributed by atoms with Crippen LogP contribution in [0, 0.1) is 0 Å². The number of nitrogens with one attached hydrogen (secondary N) is 2. The van der Waals surface area contributed by atoms with Gasteiger partial charge in [-0.05, 0) is 48.7 Å². The predicted octanol–water partition coefficient (Wildman–Crippen LogP) is 2.38. The smallest absolute Gasteiger partial charge is 0.335 e. The zero-order valence-corrected chi connectivity index (χ0v) is 14.6. The second-order valence-corrected chi connectivity index (χ2v) is 5.84. The van der Waals surface area contributed by atoms with Crippen molar-refractivity contribution >= 4 is 17.8 Å². The number of aryl methyl sites for hydroxylation is 1. The molecular weight excluding hydrogens is 332 g/mol. The lowest BCUT2D eigenvalue weighted by atomic mass is 10.1. The summed E-state index contributed by atoms with van der Waals surface area (Å²) < 4.78 is 0. The average molecular weight is 354 g/mol. The van der Waals surface area contributed by atoms with Gasteiger partial charge in [-0.15, -0.1) is 0 Å². The quantitative estimate of drug-likeness (QED) is 0.678. The molecule has 0 aliphatic heterocycles. The van der Waals surface area contributed by atoms with Crippen LogP contribution in [0.2, 0.25) is 0 Å². The minimum absolute atomic E-state index is 0.101. The molecule has 0 saturated heterocycles. The molecule has 0 aliphatic carbocycles. The van der Waals surface area contributed by atoms with Crippen LogP contribution < -0.4 is 10.6 Å². The highest BCUT2D eigenvalue weighted by Crippen LogP contribution is 2.08. The molecule has 2 amide bonds. The highest BCUT2D eigenvalue weighted by atomic mass is 16.4. The summed E-state index contributed by atoms with van der Waals surface area (Å²) in [5.41, 5.74) is 2.55. The monoisotopic (exact) mass is 354 g/mol. The van der Waals surface area contributed by atoms with Crippen LogP contribution in [0.25, 0.3) is 0 Å². The van der Waals surface area contributed by atoms with E-state index in [-0.39, 0.29) is 17.4 Å². The Labute approximate surface area is 152 Å². The van der Waals surface area contributed by atoms with Gasteiger partial charge in [0.05, 0.1) is 5.56 Å². The van der Waals surface area contributed by atoms with Crippen molar-refractivity contribution in [2.75, 3.05) is 6.54 Å². The number of carbonyl (C=O) groups excluding carboxylic acids is 2. The minimum Gasteiger partial charge on any atom is -0.478 e. The maximum Gasteiger partial charge on any atom is 0.335 e. The first-order chi connectivity index (χ1) is 12.5. The molecule has 2 aromatic carbocycles. The molecule has 2 rings (SSSR count). The molecule has 0 atom stereocenters. The summed E-state index contributed by atoms with van der Waals surface area (Å²) in [7, 11) is 0. The van der Waals surface area contributed by atoms with Crippen molar-refractivity contribution in [3.63, 3.8) is 0 Å². The molecule has 0 aliphatic rings. The molecular formula is C20H22N2O4. The highest BCUT2D eigenvalue weighted by molar-refractivity contribution is 5.94. The van der Waals surface area contributed by atoms with Gasteiger partial charge >= 0.3 is 5.97 Å². The summed E-state index contributed by atoms with van der Waals surface area (Å²) in [5, 5.41) is 14.4. The SMILES string of the molecule is CCNC(=O)c1cccc(CNC(=O)CCc2ccc(C(=O)O)cc2)c1. The zero-order chi connectivity index (χ0) is 18.9. The number of hydrogen-bond donors (Lipinski definition) is 3. The number of hydrogen-bond acceptors (Lipinski definition) is 3. The van der Waals surface area contributed by atoms with Crippen molar-refractivity contribution < 1.29 is 19.5 Å². The van der Waals surface area contributed by atoms with Crippen LogP contribution in [0.3, 0.4) is 0 Å². The molecule has 26 heavy (non-hydrogen) atoms.